The summed E-state index contributed by atoms with van der Waals surface area (Å²) in [5, 5.41) is 0. The Labute approximate surface area is 113 Å². The third-order valence-electron chi connectivity index (χ3n) is 4.31. The van der Waals surface area contributed by atoms with Crippen molar-refractivity contribution in [3.8, 4) is 0 Å². The average Bonchev–Trinajstić information content (AvgIpc) is 2.32. The first-order valence-electron chi connectivity index (χ1n) is 7.62. The summed E-state index contributed by atoms with van der Waals surface area (Å²) in [5.41, 5.74) is 0. The molecule has 0 aromatic carbocycles. The van der Waals surface area contributed by atoms with E-state index >= 15 is 0 Å². The minimum atomic E-state index is 0.196. The Morgan fingerprint density at radius 3 is 2.11 bits per heavy atom. The van der Waals surface area contributed by atoms with E-state index in [1.54, 1.807) is 6.92 Å². The van der Waals surface area contributed by atoms with Crippen LogP contribution in [0.25, 0.3) is 0 Å². The van der Waals surface area contributed by atoms with Gasteiger partial charge in [-0.15, -0.1) is 0 Å². The molecule has 3 nitrogen and oxygen atoms in total. The third-order valence-corrected chi connectivity index (χ3v) is 4.31. The maximum atomic E-state index is 11.2. The molecule has 106 valence electrons. The quantitative estimate of drug-likeness (QED) is 0.773. The number of hydrogen-bond donors (Lipinski definition) is 0. The van der Waals surface area contributed by atoms with Crippen LogP contribution in [0.1, 0.15) is 52.9 Å². The summed E-state index contributed by atoms with van der Waals surface area (Å²) in [7, 11) is 1.92. The monoisotopic (exact) mass is 254 g/mol. The van der Waals surface area contributed by atoms with Gasteiger partial charge in [0.05, 0.1) is 0 Å². The van der Waals surface area contributed by atoms with E-state index in [9.17, 15) is 4.79 Å². The summed E-state index contributed by atoms with van der Waals surface area (Å²) < 4.78 is 0. The van der Waals surface area contributed by atoms with Crippen LogP contribution in [0.3, 0.4) is 0 Å². The van der Waals surface area contributed by atoms with Crippen molar-refractivity contribution < 1.29 is 4.79 Å². The van der Waals surface area contributed by atoms with Gasteiger partial charge >= 0.3 is 0 Å². The second-order valence-corrected chi connectivity index (χ2v) is 5.46. The zero-order valence-electron chi connectivity index (χ0n) is 12.6. The van der Waals surface area contributed by atoms with Crippen LogP contribution in [0.15, 0.2) is 0 Å². The van der Waals surface area contributed by atoms with Gasteiger partial charge in [-0.3, -0.25) is 4.79 Å². The smallest absolute Gasteiger partial charge is 0.219 e. The highest BCUT2D eigenvalue weighted by Gasteiger charge is 2.29. The van der Waals surface area contributed by atoms with Gasteiger partial charge in [-0.05, 0) is 44.7 Å². The lowest BCUT2D eigenvalue weighted by Crippen LogP contribution is -2.46. The lowest BCUT2D eigenvalue weighted by Gasteiger charge is -2.42. The first kappa shape index (κ1) is 15.5. The molecule has 0 spiro atoms. The normalized spacial score (nSPS) is 21.8. The minimum Gasteiger partial charge on any atom is -0.346 e. The fourth-order valence-electron chi connectivity index (χ4n) is 2.77. The Hall–Kier alpha value is -0.570. The summed E-state index contributed by atoms with van der Waals surface area (Å²) >= 11 is 0. The van der Waals surface area contributed by atoms with Gasteiger partial charge in [0.1, 0.15) is 0 Å². The zero-order valence-corrected chi connectivity index (χ0v) is 12.6. The molecule has 1 heterocycles. The molecule has 2 fully saturated rings. The molecular weight excluding hydrogens is 224 g/mol. The summed E-state index contributed by atoms with van der Waals surface area (Å²) in [6.07, 6.45) is 6.80. The van der Waals surface area contributed by atoms with Crippen molar-refractivity contribution in [2.24, 2.45) is 5.92 Å². The molecule has 1 aliphatic carbocycles. The number of rotatable bonds is 3. The molecule has 0 aromatic rings. The zero-order chi connectivity index (χ0) is 13.5. The molecule has 2 rings (SSSR count). The molecule has 0 radical (unpaired) electrons. The molecule has 1 saturated carbocycles. The standard InChI is InChI=1S/C13H24N2O.C2H6/c1-11(16)14(2)10-12-6-8-15(9-7-12)13-4-3-5-13;1-2/h12-13H,3-10H2,1-2H3;1-2H3. The highest BCUT2D eigenvalue weighted by Crippen LogP contribution is 2.29. The van der Waals surface area contributed by atoms with Gasteiger partial charge in [0.2, 0.25) is 5.91 Å². The number of carbonyl (C=O) groups excluding carboxylic acids is 1. The maximum absolute atomic E-state index is 11.2. The molecule has 1 saturated heterocycles. The first-order chi connectivity index (χ1) is 8.66. The molecule has 18 heavy (non-hydrogen) atoms. The molecule has 1 amide bonds. The van der Waals surface area contributed by atoms with Gasteiger partial charge in [-0.25, -0.2) is 0 Å². The van der Waals surface area contributed by atoms with Gasteiger partial charge in [0.25, 0.3) is 0 Å². The van der Waals surface area contributed by atoms with Crippen LogP contribution >= 0.6 is 0 Å². The van der Waals surface area contributed by atoms with Gasteiger partial charge in [-0.2, -0.15) is 0 Å². The number of likely N-dealkylation sites (tertiary alicyclic amines) is 1. The van der Waals surface area contributed by atoms with Crippen molar-refractivity contribution in [2.75, 3.05) is 26.7 Å². The lowest BCUT2D eigenvalue weighted by molar-refractivity contribution is -0.128. The largest absolute Gasteiger partial charge is 0.346 e. The van der Waals surface area contributed by atoms with Crippen LogP contribution in [0.5, 0.6) is 0 Å². The average molecular weight is 254 g/mol. The van der Waals surface area contributed by atoms with E-state index in [4.69, 9.17) is 0 Å². The van der Waals surface area contributed by atoms with Crippen LogP contribution in [-0.4, -0.2) is 48.4 Å². The van der Waals surface area contributed by atoms with E-state index in [-0.39, 0.29) is 5.91 Å². The van der Waals surface area contributed by atoms with Gasteiger partial charge in [-0.1, -0.05) is 20.3 Å². The van der Waals surface area contributed by atoms with Gasteiger partial charge < -0.3 is 9.80 Å². The Morgan fingerprint density at radius 2 is 1.72 bits per heavy atom. The number of piperidine rings is 1. The molecule has 0 bridgehead atoms. The molecule has 1 aliphatic heterocycles. The van der Waals surface area contributed by atoms with E-state index in [2.05, 4.69) is 4.90 Å². The lowest BCUT2D eigenvalue weighted by atomic mass is 9.88. The SMILES string of the molecule is CC.CC(=O)N(C)CC1CCN(C2CCC2)CC1. The highest BCUT2D eigenvalue weighted by atomic mass is 16.2. The Balaban J connectivity index is 0.000000771. The molecule has 2 aliphatic rings. The van der Waals surface area contributed by atoms with E-state index in [1.165, 1.54) is 45.2 Å². The van der Waals surface area contributed by atoms with Crippen molar-refractivity contribution in [1.82, 2.24) is 9.80 Å². The van der Waals surface area contributed by atoms with Crippen LogP contribution in [0, 0.1) is 5.92 Å². The topological polar surface area (TPSA) is 23.6 Å². The van der Waals surface area contributed by atoms with Crippen molar-refractivity contribution in [1.29, 1.82) is 0 Å². The third kappa shape index (κ3) is 4.27. The Kier molecular flexibility index (Phi) is 6.69. The number of amides is 1. The van der Waals surface area contributed by atoms with Crippen LogP contribution in [-0.2, 0) is 4.79 Å². The van der Waals surface area contributed by atoms with Crippen LogP contribution in [0.4, 0.5) is 0 Å². The van der Waals surface area contributed by atoms with Crippen molar-refractivity contribution in [3.63, 3.8) is 0 Å². The van der Waals surface area contributed by atoms with E-state index in [0.29, 0.717) is 0 Å². The Morgan fingerprint density at radius 1 is 1.17 bits per heavy atom. The second kappa shape index (κ2) is 7.78. The molecule has 3 heteroatoms. The van der Waals surface area contributed by atoms with Crippen molar-refractivity contribution in [3.05, 3.63) is 0 Å². The summed E-state index contributed by atoms with van der Waals surface area (Å²) in [6.45, 7) is 9.11. The fourth-order valence-corrected chi connectivity index (χ4v) is 2.77. The van der Waals surface area contributed by atoms with E-state index in [0.717, 1.165) is 18.5 Å². The van der Waals surface area contributed by atoms with Crippen LogP contribution in [0.2, 0.25) is 0 Å². The van der Waals surface area contributed by atoms with Gasteiger partial charge in [0, 0.05) is 26.6 Å². The molecule has 0 aromatic heterocycles. The summed E-state index contributed by atoms with van der Waals surface area (Å²) in [4.78, 5) is 15.7. The number of nitrogens with zero attached hydrogens (tertiary/aromatic N) is 2. The first-order valence-corrected chi connectivity index (χ1v) is 7.62. The van der Waals surface area contributed by atoms with E-state index < -0.39 is 0 Å². The van der Waals surface area contributed by atoms with Gasteiger partial charge in [0.15, 0.2) is 0 Å². The summed E-state index contributed by atoms with van der Waals surface area (Å²) in [5.74, 6) is 0.923. The number of hydrogen-bond acceptors (Lipinski definition) is 2. The molecule has 0 N–H and O–H groups in total. The predicted octanol–water partition coefficient (Wildman–Crippen LogP) is 2.76. The Bertz CT molecular complexity index is 243. The second-order valence-electron chi connectivity index (χ2n) is 5.46. The fraction of sp³-hybridized carbons (Fsp3) is 0.933. The molecular formula is C15H30N2O. The highest BCUT2D eigenvalue weighted by molar-refractivity contribution is 5.72. The minimum absolute atomic E-state index is 0.196. The number of carbonyl (C=O) groups is 1. The predicted molar refractivity (Wildman–Crippen MR) is 76.6 cm³/mol. The summed E-state index contributed by atoms with van der Waals surface area (Å²) in [6, 6.07) is 0.895. The van der Waals surface area contributed by atoms with E-state index in [1.807, 2.05) is 25.8 Å². The molecule has 0 atom stereocenters. The maximum Gasteiger partial charge on any atom is 0.219 e. The van der Waals surface area contributed by atoms with Crippen molar-refractivity contribution >= 4 is 5.91 Å². The van der Waals surface area contributed by atoms with Crippen LogP contribution < -0.4 is 0 Å². The molecule has 0 unspecified atom stereocenters. The van der Waals surface area contributed by atoms with Crippen molar-refractivity contribution in [2.45, 2.75) is 58.9 Å².